The lowest BCUT2D eigenvalue weighted by Crippen LogP contribution is -2.30. The van der Waals surface area contributed by atoms with Crippen LogP contribution in [0.1, 0.15) is 22.8 Å². The first-order chi connectivity index (χ1) is 12.1. The third-order valence-electron chi connectivity index (χ3n) is 3.67. The Balaban J connectivity index is 1.82. The van der Waals surface area contributed by atoms with Gasteiger partial charge < -0.3 is 4.90 Å². The highest BCUT2D eigenvalue weighted by Crippen LogP contribution is 2.14. The Morgan fingerprint density at radius 1 is 1.20 bits per heavy atom. The molecular weight excluding hydrogens is 328 g/mol. The lowest BCUT2D eigenvalue weighted by molar-refractivity contribution is 0.0752. The maximum atomic E-state index is 13.4. The lowest BCUT2D eigenvalue weighted by atomic mass is 10.1. The molecule has 3 aromatic rings. The van der Waals surface area contributed by atoms with Gasteiger partial charge in [0, 0.05) is 24.8 Å². The van der Waals surface area contributed by atoms with Crippen LogP contribution < -0.4 is 0 Å². The molecule has 2 aromatic heterocycles. The summed E-state index contributed by atoms with van der Waals surface area (Å²) < 4.78 is 27.9. The molecule has 0 aliphatic carbocycles. The standard InChI is InChI=1S/C17H15F2N5O/c1-2-23(9-12-3-4-14(18)15(19)7-12)17(25)13-5-6-21-16(8-13)24-11-20-10-22-24/h3-8,10-11H,2,9H2,1H3. The second kappa shape index (κ2) is 7.16. The Morgan fingerprint density at radius 3 is 2.72 bits per heavy atom. The zero-order chi connectivity index (χ0) is 17.8. The van der Waals surface area contributed by atoms with Crippen LogP contribution in [0.15, 0.2) is 49.2 Å². The minimum atomic E-state index is -0.932. The topological polar surface area (TPSA) is 63.9 Å². The second-order valence-corrected chi connectivity index (χ2v) is 5.31. The number of amides is 1. The van der Waals surface area contributed by atoms with Crippen LogP contribution in [0.4, 0.5) is 8.78 Å². The highest BCUT2D eigenvalue weighted by molar-refractivity contribution is 5.94. The van der Waals surface area contributed by atoms with Gasteiger partial charge in [0.25, 0.3) is 5.91 Å². The number of hydrogen-bond acceptors (Lipinski definition) is 4. The van der Waals surface area contributed by atoms with E-state index in [1.165, 1.54) is 34.5 Å². The van der Waals surface area contributed by atoms with Gasteiger partial charge in [-0.2, -0.15) is 5.10 Å². The van der Waals surface area contributed by atoms with Gasteiger partial charge >= 0.3 is 0 Å². The van der Waals surface area contributed by atoms with Gasteiger partial charge in [0.05, 0.1) is 0 Å². The fraction of sp³-hybridized carbons (Fsp3) is 0.176. The number of pyridine rings is 1. The Morgan fingerprint density at radius 2 is 2.04 bits per heavy atom. The summed E-state index contributed by atoms with van der Waals surface area (Å²) in [6, 6.07) is 6.81. The van der Waals surface area contributed by atoms with Crippen molar-refractivity contribution in [3.63, 3.8) is 0 Å². The van der Waals surface area contributed by atoms with Gasteiger partial charge in [0.15, 0.2) is 17.5 Å². The molecule has 25 heavy (non-hydrogen) atoms. The SMILES string of the molecule is CCN(Cc1ccc(F)c(F)c1)C(=O)c1ccnc(-n2cncn2)c1. The van der Waals surface area contributed by atoms with Crippen molar-refractivity contribution < 1.29 is 13.6 Å². The molecule has 0 aliphatic rings. The highest BCUT2D eigenvalue weighted by atomic mass is 19.2. The summed E-state index contributed by atoms with van der Waals surface area (Å²) in [6.45, 7) is 2.41. The van der Waals surface area contributed by atoms with Crippen LogP contribution in [0, 0.1) is 11.6 Å². The van der Waals surface area contributed by atoms with Crippen molar-refractivity contribution in [2.45, 2.75) is 13.5 Å². The van der Waals surface area contributed by atoms with Crippen LogP contribution >= 0.6 is 0 Å². The van der Waals surface area contributed by atoms with Gasteiger partial charge in [-0.25, -0.2) is 23.4 Å². The van der Waals surface area contributed by atoms with Crippen LogP contribution in [0.3, 0.4) is 0 Å². The van der Waals surface area contributed by atoms with Crippen molar-refractivity contribution in [1.29, 1.82) is 0 Å². The van der Waals surface area contributed by atoms with Crippen molar-refractivity contribution in [2.24, 2.45) is 0 Å². The number of aromatic nitrogens is 4. The third-order valence-corrected chi connectivity index (χ3v) is 3.67. The summed E-state index contributed by atoms with van der Waals surface area (Å²) in [4.78, 5) is 22.3. The highest BCUT2D eigenvalue weighted by Gasteiger charge is 2.16. The third kappa shape index (κ3) is 3.68. The fourth-order valence-corrected chi connectivity index (χ4v) is 2.37. The molecular formula is C17H15F2N5O. The van der Waals surface area contributed by atoms with Gasteiger partial charge in [-0.3, -0.25) is 4.79 Å². The first-order valence-electron chi connectivity index (χ1n) is 7.62. The molecule has 0 N–H and O–H groups in total. The van der Waals surface area contributed by atoms with E-state index in [0.717, 1.165) is 12.1 Å². The molecule has 6 nitrogen and oxygen atoms in total. The molecule has 128 valence electrons. The van der Waals surface area contributed by atoms with E-state index in [0.29, 0.717) is 23.5 Å². The molecule has 1 amide bonds. The fourth-order valence-electron chi connectivity index (χ4n) is 2.37. The summed E-state index contributed by atoms with van der Waals surface area (Å²) >= 11 is 0. The Labute approximate surface area is 142 Å². The van der Waals surface area contributed by atoms with Gasteiger partial charge in [0.2, 0.25) is 0 Å². The molecule has 0 fully saturated rings. The number of nitrogens with zero attached hydrogens (tertiary/aromatic N) is 5. The van der Waals surface area contributed by atoms with Crippen LogP contribution in [0.2, 0.25) is 0 Å². The van der Waals surface area contributed by atoms with Crippen LogP contribution in [-0.4, -0.2) is 37.1 Å². The van der Waals surface area contributed by atoms with Crippen molar-refractivity contribution in [2.75, 3.05) is 6.54 Å². The van der Waals surface area contributed by atoms with E-state index in [2.05, 4.69) is 15.1 Å². The Kier molecular flexibility index (Phi) is 4.78. The first kappa shape index (κ1) is 16.7. The molecule has 0 unspecified atom stereocenters. The molecule has 0 spiro atoms. The van der Waals surface area contributed by atoms with E-state index in [4.69, 9.17) is 0 Å². The monoisotopic (exact) mass is 343 g/mol. The molecule has 0 radical (unpaired) electrons. The second-order valence-electron chi connectivity index (χ2n) is 5.31. The molecule has 0 saturated carbocycles. The number of halogens is 2. The van der Waals surface area contributed by atoms with Crippen molar-refractivity contribution in [3.8, 4) is 5.82 Å². The smallest absolute Gasteiger partial charge is 0.254 e. The molecule has 0 bridgehead atoms. The van der Waals surface area contributed by atoms with Gasteiger partial charge in [0.1, 0.15) is 12.7 Å². The number of hydrogen-bond donors (Lipinski definition) is 0. The maximum Gasteiger partial charge on any atom is 0.254 e. The van der Waals surface area contributed by atoms with Crippen LogP contribution in [-0.2, 0) is 6.54 Å². The number of carbonyl (C=O) groups is 1. The number of carbonyl (C=O) groups excluding carboxylic acids is 1. The summed E-state index contributed by atoms with van der Waals surface area (Å²) in [5, 5.41) is 3.98. The minimum absolute atomic E-state index is 0.174. The van der Waals surface area contributed by atoms with E-state index in [1.54, 1.807) is 12.1 Å². The zero-order valence-electron chi connectivity index (χ0n) is 13.4. The molecule has 0 atom stereocenters. The normalized spacial score (nSPS) is 10.7. The van der Waals surface area contributed by atoms with Gasteiger partial charge in [-0.15, -0.1) is 0 Å². The zero-order valence-corrected chi connectivity index (χ0v) is 13.4. The van der Waals surface area contributed by atoms with E-state index in [1.807, 2.05) is 6.92 Å². The van der Waals surface area contributed by atoms with E-state index in [-0.39, 0.29) is 12.5 Å². The molecule has 0 saturated heterocycles. The van der Waals surface area contributed by atoms with Gasteiger partial charge in [-0.05, 0) is 36.8 Å². The average molecular weight is 343 g/mol. The quantitative estimate of drug-likeness (QED) is 0.714. The van der Waals surface area contributed by atoms with Gasteiger partial charge in [-0.1, -0.05) is 6.07 Å². The van der Waals surface area contributed by atoms with Crippen molar-refractivity contribution in [1.82, 2.24) is 24.6 Å². The Bertz CT molecular complexity index is 883. The largest absolute Gasteiger partial charge is 0.335 e. The van der Waals surface area contributed by atoms with E-state index in [9.17, 15) is 13.6 Å². The van der Waals surface area contributed by atoms with Crippen LogP contribution in [0.25, 0.3) is 5.82 Å². The van der Waals surface area contributed by atoms with E-state index >= 15 is 0 Å². The lowest BCUT2D eigenvalue weighted by Gasteiger charge is -2.21. The average Bonchev–Trinajstić information content (AvgIpc) is 3.17. The Hall–Kier alpha value is -3.16. The summed E-state index contributed by atoms with van der Waals surface area (Å²) in [6.07, 6.45) is 4.36. The summed E-state index contributed by atoms with van der Waals surface area (Å²) in [7, 11) is 0. The summed E-state index contributed by atoms with van der Waals surface area (Å²) in [5.41, 5.74) is 0.935. The predicted molar refractivity (Wildman–Crippen MR) is 85.9 cm³/mol. The number of rotatable bonds is 5. The first-order valence-corrected chi connectivity index (χ1v) is 7.62. The molecule has 0 aliphatic heterocycles. The minimum Gasteiger partial charge on any atom is -0.335 e. The van der Waals surface area contributed by atoms with Crippen molar-refractivity contribution >= 4 is 5.91 Å². The molecule has 1 aromatic carbocycles. The maximum absolute atomic E-state index is 13.4. The number of benzene rings is 1. The van der Waals surface area contributed by atoms with Crippen molar-refractivity contribution in [3.05, 3.63) is 71.9 Å². The molecule has 3 rings (SSSR count). The molecule has 2 heterocycles. The predicted octanol–water partition coefficient (Wildman–Crippen LogP) is 2.60. The summed E-state index contributed by atoms with van der Waals surface area (Å²) in [5.74, 6) is -1.62. The molecule has 8 heteroatoms. The van der Waals surface area contributed by atoms with Crippen LogP contribution in [0.5, 0.6) is 0 Å². The van der Waals surface area contributed by atoms with E-state index < -0.39 is 11.6 Å².